The molecular formula is C20H22O4. The number of carboxylic acid groups (broad SMARTS) is 2. The van der Waals surface area contributed by atoms with E-state index < -0.39 is 11.9 Å². The van der Waals surface area contributed by atoms with E-state index in [9.17, 15) is 9.59 Å². The van der Waals surface area contributed by atoms with Gasteiger partial charge in [0, 0.05) is 12.8 Å². The van der Waals surface area contributed by atoms with Gasteiger partial charge in [-0.25, -0.2) is 0 Å². The van der Waals surface area contributed by atoms with Crippen molar-refractivity contribution >= 4 is 11.9 Å². The van der Waals surface area contributed by atoms with Gasteiger partial charge in [0.1, 0.15) is 0 Å². The highest BCUT2D eigenvalue weighted by molar-refractivity contribution is 5.68. The van der Waals surface area contributed by atoms with Crippen LogP contribution in [-0.4, -0.2) is 22.2 Å². The molecule has 4 nitrogen and oxygen atoms in total. The van der Waals surface area contributed by atoms with Crippen LogP contribution in [0.4, 0.5) is 0 Å². The second kappa shape index (κ2) is 11.7. The van der Waals surface area contributed by atoms with Gasteiger partial charge >= 0.3 is 11.9 Å². The Morgan fingerprint density at radius 3 is 1.12 bits per heavy atom. The Bertz CT molecular complexity index is 569. The van der Waals surface area contributed by atoms with Crippen molar-refractivity contribution in [1.82, 2.24) is 0 Å². The molecule has 0 fully saturated rings. The summed E-state index contributed by atoms with van der Waals surface area (Å²) in [6, 6.07) is 24.8. The van der Waals surface area contributed by atoms with Gasteiger partial charge < -0.3 is 10.2 Å². The minimum Gasteiger partial charge on any atom is -0.481 e. The van der Waals surface area contributed by atoms with E-state index in [-0.39, 0.29) is 12.8 Å². The Morgan fingerprint density at radius 1 is 0.583 bits per heavy atom. The van der Waals surface area contributed by atoms with Gasteiger partial charge in [-0.1, -0.05) is 72.8 Å². The first-order valence-corrected chi connectivity index (χ1v) is 7.80. The molecule has 2 aliphatic rings. The van der Waals surface area contributed by atoms with Crippen LogP contribution in [0.2, 0.25) is 0 Å². The number of hydrogen-bond donors (Lipinski definition) is 2. The minimum atomic E-state index is -0.870. The van der Waals surface area contributed by atoms with E-state index in [1.165, 1.54) is 11.1 Å². The third-order valence-corrected chi connectivity index (χ3v) is 3.13. The fourth-order valence-electron chi connectivity index (χ4n) is 1.94. The molecule has 2 aliphatic carbocycles. The molecule has 0 saturated heterocycles. The van der Waals surface area contributed by atoms with Crippen molar-refractivity contribution in [3.05, 3.63) is 72.8 Å². The van der Waals surface area contributed by atoms with E-state index in [0.717, 1.165) is 0 Å². The zero-order valence-corrected chi connectivity index (χ0v) is 13.5. The Kier molecular flexibility index (Phi) is 9.31. The van der Waals surface area contributed by atoms with Crippen LogP contribution >= 0.6 is 0 Å². The number of rotatable bonds is 5. The van der Waals surface area contributed by atoms with Crippen molar-refractivity contribution in [1.29, 1.82) is 0 Å². The summed E-state index contributed by atoms with van der Waals surface area (Å²) in [6.07, 6.45) is 1.02. The maximum absolute atomic E-state index is 9.90. The molecule has 24 heavy (non-hydrogen) atoms. The van der Waals surface area contributed by atoms with E-state index in [1.807, 2.05) is 24.3 Å². The summed E-state index contributed by atoms with van der Waals surface area (Å²) in [6.45, 7) is 0. The summed E-state index contributed by atoms with van der Waals surface area (Å²) in [5, 5.41) is 16.3. The first-order chi connectivity index (χ1) is 11.6. The smallest absolute Gasteiger partial charge is 0.303 e. The van der Waals surface area contributed by atoms with Gasteiger partial charge in [0.15, 0.2) is 0 Å². The van der Waals surface area contributed by atoms with Crippen LogP contribution in [-0.2, 0) is 9.59 Å². The van der Waals surface area contributed by atoms with Gasteiger partial charge in [-0.2, -0.15) is 0 Å². The van der Waals surface area contributed by atoms with E-state index in [2.05, 4.69) is 48.5 Å². The molecule has 2 rings (SSSR count). The number of hydrogen-bond acceptors (Lipinski definition) is 2. The highest BCUT2D eigenvalue weighted by Crippen LogP contribution is 2.16. The Morgan fingerprint density at radius 2 is 0.875 bits per heavy atom. The first-order valence-electron chi connectivity index (χ1n) is 7.80. The average Bonchev–Trinajstić information content (AvgIpc) is 2.49. The fourth-order valence-corrected chi connectivity index (χ4v) is 1.94. The lowest BCUT2D eigenvalue weighted by atomic mass is 10.1. The molecule has 0 unspecified atom stereocenters. The third-order valence-electron chi connectivity index (χ3n) is 3.13. The molecule has 0 radical (unpaired) electrons. The average molecular weight is 326 g/mol. The summed E-state index contributed by atoms with van der Waals surface area (Å²) < 4.78 is 0. The van der Waals surface area contributed by atoms with Gasteiger partial charge in [0.2, 0.25) is 0 Å². The molecule has 126 valence electrons. The van der Waals surface area contributed by atoms with Crippen molar-refractivity contribution in [2.24, 2.45) is 0 Å². The highest BCUT2D eigenvalue weighted by Gasteiger charge is 1.99. The van der Waals surface area contributed by atoms with E-state index >= 15 is 0 Å². The van der Waals surface area contributed by atoms with Crippen molar-refractivity contribution in [3.63, 3.8) is 0 Å². The van der Waals surface area contributed by atoms with Crippen LogP contribution in [0.3, 0.4) is 0 Å². The Hall–Kier alpha value is -2.88. The Labute approximate surface area is 142 Å². The SMILES string of the molecule is O=C(O)CCCCC(=O)O.c1cccc2ccccccc-2cc1. The predicted molar refractivity (Wildman–Crippen MR) is 94.4 cm³/mol. The summed E-state index contributed by atoms with van der Waals surface area (Å²) in [5.74, 6) is -1.74. The van der Waals surface area contributed by atoms with Crippen LogP contribution in [0.25, 0.3) is 11.1 Å². The summed E-state index contributed by atoms with van der Waals surface area (Å²) in [5.41, 5.74) is 2.48. The molecule has 0 aromatic rings. The van der Waals surface area contributed by atoms with Gasteiger partial charge in [0.25, 0.3) is 0 Å². The molecule has 0 aromatic heterocycles. The van der Waals surface area contributed by atoms with Crippen molar-refractivity contribution in [3.8, 4) is 11.1 Å². The van der Waals surface area contributed by atoms with Crippen molar-refractivity contribution in [2.75, 3.05) is 0 Å². The number of unbranched alkanes of at least 4 members (excludes halogenated alkanes) is 1. The second-order valence-electron chi connectivity index (χ2n) is 5.11. The second-order valence-corrected chi connectivity index (χ2v) is 5.11. The maximum Gasteiger partial charge on any atom is 0.303 e. The molecule has 0 heterocycles. The zero-order valence-electron chi connectivity index (χ0n) is 13.5. The van der Waals surface area contributed by atoms with Crippen molar-refractivity contribution in [2.45, 2.75) is 25.7 Å². The standard InChI is InChI=1S/C14H12.C6H10O4/c1-2-6-10-14-12-8-4-3-7-11-13(14)9-5-1;7-5(8)3-1-2-4-6(9)10/h1-12H;1-4H2,(H,7,8)(H,9,10). The van der Waals surface area contributed by atoms with Gasteiger partial charge in [-0.3, -0.25) is 9.59 Å². The largest absolute Gasteiger partial charge is 0.481 e. The first kappa shape index (κ1) is 19.2. The minimum absolute atomic E-state index is 0.0628. The summed E-state index contributed by atoms with van der Waals surface area (Å²) >= 11 is 0. The summed E-state index contributed by atoms with van der Waals surface area (Å²) in [7, 11) is 0. The molecule has 0 aliphatic heterocycles. The van der Waals surface area contributed by atoms with Gasteiger partial charge in [0.05, 0.1) is 0 Å². The van der Waals surface area contributed by atoms with Crippen molar-refractivity contribution < 1.29 is 19.8 Å². The lowest BCUT2D eigenvalue weighted by molar-refractivity contribution is -0.139. The van der Waals surface area contributed by atoms with Gasteiger partial charge in [-0.05, 0) is 24.0 Å². The monoisotopic (exact) mass is 326 g/mol. The topological polar surface area (TPSA) is 74.6 Å². The van der Waals surface area contributed by atoms with Crippen LogP contribution in [0.1, 0.15) is 25.7 Å². The molecule has 0 bridgehead atoms. The number of carboxylic acids is 2. The predicted octanol–water partition coefficient (Wildman–Crippen LogP) is 4.63. The molecule has 4 heteroatoms. The lowest BCUT2D eigenvalue weighted by Gasteiger charge is -1.97. The van der Waals surface area contributed by atoms with Gasteiger partial charge in [-0.15, -0.1) is 0 Å². The molecule has 0 saturated carbocycles. The van der Waals surface area contributed by atoms with E-state index in [1.54, 1.807) is 0 Å². The van der Waals surface area contributed by atoms with E-state index in [4.69, 9.17) is 10.2 Å². The molecule has 0 spiro atoms. The Balaban J connectivity index is 0.000000257. The lowest BCUT2D eigenvalue weighted by Crippen LogP contribution is -1.97. The fraction of sp³-hybridized carbons (Fsp3) is 0.200. The number of carbonyl (C=O) groups is 2. The molecule has 0 atom stereocenters. The zero-order chi connectivity index (χ0) is 17.6. The molecular weight excluding hydrogens is 304 g/mol. The number of aliphatic carboxylic acids is 2. The molecule has 2 N–H and O–H groups in total. The molecule has 0 aromatic carbocycles. The summed E-state index contributed by atoms with van der Waals surface area (Å²) in [4.78, 5) is 19.8. The third kappa shape index (κ3) is 9.20. The van der Waals surface area contributed by atoms with Crippen LogP contribution < -0.4 is 0 Å². The van der Waals surface area contributed by atoms with Crippen LogP contribution in [0.5, 0.6) is 0 Å². The maximum atomic E-state index is 9.90. The van der Waals surface area contributed by atoms with E-state index in [0.29, 0.717) is 12.8 Å². The quantitative estimate of drug-likeness (QED) is 0.785. The normalized spacial score (nSPS) is 9.33. The van der Waals surface area contributed by atoms with Crippen LogP contribution in [0, 0.1) is 0 Å². The van der Waals surface area contributed by atoms with Crippen LogP contribution in [0.15, 0.2) is 72.8 Å². The molecule has 0 amide bonds. The number of fused-ring (bicyclic) bond motifs is 1. The highest BCUT2D eigenvalue weighted by atomic mass is 16.4.